The molecular weight excluding hydrogens is 296 g/mol. The first-order valence-corrected chi connectivity index (χ1v) is 7.12. The van der Waals surface area contributed by atoms with Gasteiger partial charge in [0.25, 0.3) is 5.69 Å². The van der Waals surface area contributed by atoms with Crippen LogP contribution in [0.1, 0.15) is 11.3 Å². The molecule has 3 rings (SSSR count). The molecule has 0 aliphatic rings. The summed E-state index contributed by atoms with van der Waals surface area (Å²) in [6.07, 6.45) is 0. The van der Waals surface area contributed by atoms with Crippen molar-refractivity contribution in [3.8, 4) is 5.75 Å². The van der Waals surface area contributed by atoms with Gasteiger partial charge in [0.15, 0.2) is 5.52 Å². The van der Waals surface area contributed by atoms with Crippen LogP contribution in [0.4, 0.5) is 0 Å². The summed E-state index contributed by atoms with van der Waals surface area (Å²) in [5.41, 5.74) is 1.31. The molecule has 3 aromatic rings. The average Bonchev–Trinajstić information content (AvgIpc) is 2.60. The molecule has 0 amide bonds. The smallest absolute Gasteiger partial charge is 0.352 e. The third kappa shape index (κ3) is 2.70. The molecule has 0 saturated heterocycles. The minimum absolute atomic E-state index is 0.0680. The lowest BCUT2D eigenvalue weighted by Crippen LogP contribution is -2.43. The molecule has 0 bridgehead atoms. The summed E-state index contributed by atoms with van der Waals surface area (Å²) in [6.45, 7) is 1.69. The highest BCUT2D eigenvalue weighted by Gasteiger charge is 2.17. The van der Waals surface area contributed by atoms with Crippen molar-refractivity contribution in [1.29, 1.82) is 0 Å². The molecule has 0 unspecified atom stereocenters. The summed E-state index contributed by atoms with van der Waals surface area (Å²) in [5, 5.41) is 12.1. The number of hydrogen-bond donors (Lipinski definition) is 0. The maximum absolute atomic E-state index is 12.3. The minimum Gasteiger partial charge on any atom is -0.618 e. The minimum atomic E-state index is -0.466. The van der Waals surface area contributed by atoms with Crippen LogP contribution in [-0.2, 0) is 6.61 Å². The molecule has 2 aromatic carbocycles. The molecule has 6 heteroatoms. The van der Waals surface area contributed by atoms with Crippen LogP contribution in [0.2, 0.25) is 0 Å². The Kier molecular flexibility index (Phi) is 3.89. The van der Waals surface area contributed by atoms with Crippen LogP contribution in [-0.4, -0.2) is 11.8 Å². The standard InChI is InChI=1S/C17H16N2O4/c1-12-17(20)19(16-6-4-3-5-15(16)18(12)21)23-11-13-7-9-14(22-2)10-8-13/h3-10H,11H2,1-2H3. The highest BCUT2D eigenvalue weighted by molar-refractivity contribution is 5.71. The predicted octanol–water partition coefficient (Wildman–Crippen LogP) is 1.58. The van der Waals surface area contributed by atoms with Gasteiger partial charge in [0.2, 0.25) is 5.52 Å². The van der Waals surface area contributed by atoms with Gasteiger partial charge < -0.3 is 14.8 Å². The van der Waals surface area contributed by atoms with E-state index in [-0.39, 0.29) is 12.3 Å². The first-order valence-electron chi connectivity index (χ1n) is 7.12. The van der Waals surface area contributed by atoms with Gasteiger partial charge in [-0.05, 0) is 23.8 Å². The number of benzene rings is 2. The number of aromatic nitrogens is 2. The van der Waals surface area contributed by atoms with Gasteiger partial charge in [-0.1, -0.05) is 24.3 Å². The average molecular weight is 312 g/mol. The topological polar surface area (TPSA) is 67.4 Å². The molecule has 118 valence electrons. The Hall–Kier alpha value is -3.02. The van der Waals surface area contributed by atoms with E-state index >= 15 is 0 Å². The first-order chi connectivity index (χ1) is 11.1. The highest BCUT2D eigenvalue weighted by Crippen LogP contribution is 2.12. The number of nitrogens with zero attached hydrogens (tertiary/aromatic N) is 2. The maximum Gasteiger partial charge on any atom is 0.352 e. The van der Waals surface area contributed by atoms with Crippen LogP contribution in [0.25, 0.3) is 11.0 Å². The predicted molar refractivity (Wildman–Crippen MR) is 85.2 cm³/mol. The van der Waals surface area contributed by atoms with Crippen molar-refractivity contribution in [2.75, 3.05) is 7.11 Å². The molecule has 0 atom stereocenters. The van der Waals surface area contributed by atoms with Crippen LogP contribution in [0.3, 0.4) is 0 Å². The monoisotopic (exact) mass is 312 g/mol. The Morgan fingerprint density at radius 1 is 1.13 bits per heavy atom. The molecule has 23 heavy (non-hydrogen) atoms. The number of rotatable bonds is 4. The van der Waals surface area contributed by atoms with Gasteiger partial charge in [-0.3, -0.25) is 4.79 Å². The Morgan fingerprint density at radius 3 is 2.52 bits per heavy atom. The third-order valence-corrected chi connectivity index (χ3v) is 3.64. The largest absolute Gasteiger partial charge is 0.618 e. The zero-order valence-corrected chi connectivity index (χ0v) is 12.9. The van der Waals surface area contributed by atoms with E-state index in [2.05, 4.69) is 0 Å². The van der Waals surface area contributed by atoms with Crippen LogP contribution in [0.15, 0.2) is 53.3 Å². The Bertz CT molecular complexity index is 901. The van der Waals surface area contributed by atoms with Gasteiger partial charge in [0, 0.05) is 13.0 Å². The number of para-hydroxylation sites is 2. The van der Waals surface area contributed by atoms with E-state index in [0.29, 0.717) is 15.8 Å². The molecule has 0 N–H and O–H groups in total. The summed E-state index contributed by atoms with van der Waals surface area (Å²) in [4.78, 5) is 18.0. The van der Waals surface area contributed by atoms with Gasteiger partial charge >= 0.3 is 5.56 Å². The molecule has 0 fully saturated rings. The summed E-state index contributed by atoms with van der Waals surface area (Å²) < 4.78 is 6.90. The lowest BCUT2D eigenvalue weighted by atomic mass is 10.2. The second-order valence-corrected chi connectivity index (χ2v) is 5.09. The molecule has 0 aliphatic carbocycles. The van der Waals surface area contributed by atoms with E-state index in [0.717, 1.165) is 11.3 Å². The van der Waals surface area contributed by atoms with Crippen molar-refractivity contribution in [1.82, 2.24) is 4.73 Å². The van der Waals surface area contributed by atoms with Crippen LogP contribution in [0, 0.1) is 12.1 Å². The van der Waals surface area contributed by atoms with E-state index in [4.69, 9.17) is 9.57 Å². The Morgan fingerprint density at radius 2 is 1.83 bits per heavy atom. The molecular formula is C17H16N2O4. The van der Waals surface area contributed by atoms with Crippen LogP contribution in [0.5, 0.6) is 5.75 Å². The SMILES string of the molecule is COc1ccc(COn2c(=O)c(C)[n+]([O-])c3ccccc32)cc1. The fourth-order valence-corrected chi connectivity index (χ4v) is 2.32. The maximum atomic E-state index is 12.3. The van der Waals surface area contributed by atoms with E-state index in [1.165, 1.54) is 11.7 Å². The van der Waals surface area contributed by atoms with Crippen molar-refractivity contribution in [2.45, 2.75) is 13.5 Å². The van der Waals surface area contributed by atoms with Crippen molar-refractivity contribution in [2.24, 2.45) is 0 Å². The van der Waals surface area contributed by atoms with Crippen molar-refractivity contribution in [3.05, 3.63) is 75.3 Å². The van der Waals surface area contributed by atoms with Gasteiger partial charge in [0.1, 0.15) is 12.4 Å². The van der Waals surface area contributed by atoms with E-state index < -0.39 is 5.56 Å². The molecule has 1 aromatic heterocycles. The normalized spacial score (nSPS) is 10.7. The number of hydrogen-bond acceptors (Lipinski definition) is 4. The molecule has 0 spiro atoms. The fourth-order valence-electron chi connectivity index (χ4n) is 2.32. The fraction of sp³-hybridized carbons (Fsp3) is 0.176. The molecule has 0 saturated carbocycles. The van der Waals surface area contributed by atoms with Crippen molar-refractivity contribution < 1.29 is 14.3 Å². The molecule has 0 aliphatic heterocycles. The lowest BCUT2D eigenvalue weighted by Gasteiger charge is -2.13. The number of methoxy groups -OCH3 is 1. The van der Waals surface area contributed by atoms with Gasteiger partial charge in [-0.2, -0.15) is 4.73 Å². The number of fused-ring (bicyclic) bond motifs is 1. The molecule has 6 nitrogen and oxygen atoms in total. The Balaban J connectivity index is 1.97. The quantitative estimate of drug-likeness (QED) is 0.542. The number of ether oxygens (including phenoxy) is 1. The summed E-state index contributed by atoms with van der Waals surface area (Å²) in [5.74, 6) is 0.749. The summed E-state index contributed by atoms with van der Waals surface area (Å²) in [6, 6.07) is 14.2. The second kappa shape index (κ2) is 6.00. The zero-order chi connectivity index (χ0) is 16.4. The van der Waals surface area contributed by atoms with E-state index in [1.54, 1.807) is 31.4 Å². The van der Waals surface area contributed by atoms with Crippen molar-refractivity contribution in [3.63, 3.8) is 0 Å². The first kappa shape index (κ1) is 14.9. The van der Waals surface area contributed by atoms with Gasteiger partial charge in [-0.15, -0.1) is 4.73 Å². The van der Waals surface area contributed by atoms with E-state index in [9.17, 15) is 10.0 Å². The highest BCUT2D eigenvalue weighted by atomic mass is 16.7. The Labute approximate surface area is 132 Å². The van der Waals surface area contributed by atoms with Crippen LogP contribution >= 0.6 is 0 Å². The second-order valence-electron chi connectivity index (χ2n) is 5.09. The third-order valence-electron chi connectivity index (χ3n) is 3.64. The summed E-state index contributed by atoms with van der Waals surface area (Å²) in [7, 11) is 1.60. The zero-order valence-electron chi connectivity index (χ0n) is 12.9. The van der Waals surface area contributed by atoms with Gasteiger partial charge in [-0.25, -0.2) is 0 Å². The van der Waals surface area contributed by atoms with Gasteiger partial charge in [0.05, 0.1) is 7.11 Å². The van der Waals surface area contributed by atoms with Crippen LogP contribution < -0.4 is 19.9 Å². The van der Waals surface area contributed by atoms with E-state index in [1.807, 2.05) is 24.3 Å². The van der Waals surface area contributed by atoms with Crippen molar-refractivity contribution >= 4 is 11.0 Å². The summed E-state index contributed by atoms with van der Waals surface area (Å²) >= 11 is 0. The molecule has 1 heterocycles. The lowest BCUT2D eigenvalue weighted by molar-refractivity contribution is -0.586. The molecule has 0 radical (unpaired) electrons.